The van der Waals surface area contributed by atoms with Gasteiger partial charge in [-0.1, -0.05) is 17.7 Å². The number of ether oxygens (including phenoxy) is 1. The van der Waals surface area contributed by atoms with Crippen LogP contribution in [0.1, 0.15) is 5.56 Å². The van der Waals surface area contributed by atoms with Crippen molar-refractivity contribution in [2.24, 2.45) is 10.7 Å². The van der Waals surface area contributed by atoms with Gasteiger partial charge in [-0.3, -0.25) is 0 Å². The zero-order chi connectivity index (χ0) is 13.5. The Labute approximate surface area is 125 Å². The zero-order valence-corrected chi connectivity index (χ0v) is 13.0. The fourth-order valence-corrected chi connectivity index (χ4v) is 1.91. The molecule has 18 heavy (non-hydrogen) atoms. The smallest absolute Gasteiger partial charge is 0.189 e. The fourth-order valence-electron chi connectivity index (χ4n) is 1.29. The maximum Gasteiger partial charge on any atom is 0.189 e. The van der Waals surface area contributed by atoms with Crippen LogP contribution in [0.3, 0.4) is 0 Å². The third-order valence-corrected chi connectivity index (χ3v) is 3.69. The SMILES string of the molecule is C=CCNC(N)=NCc1cc(Cl)c(I)cc1OC. The Bertz CT molecular complexity index is 463. The monoisotopic (exact) mass is 379 g/mol. The standard InChI is InChI=1S/C12H15ClIN3O/c1-3-4-16-12(15)17-7-8-5-9(13)10(14)6-11(8)18-2/h3,5-6H,1,4,7H2,2H3,(H3,15,16,17). The quantitative estimate of drug-likeness (QED) is 0.358. The highest BCUT2D eigenvalue weighted by molar-refractivity contribution is 14.1. The van der Waals surface area contributed by atoms with Crippen LogP contribution in [-0.2, 0) is 6.54 Å². The second-order valence-electron chi connectivity index (χ2n) is 3.45. The fraction of sp³-hybridized carbons (Fsp3) is 0.250. The molecule has 98 valence electrons. The summed E-state index contributed by atoms with van der Waals surface area (Å²) < 4.78 is 6.23. The molecule has 4 nitrogen and oxygen atoms in total. The highest BCUT2D eigenvalue weighted by atomic mass is 127. The number of guanidine groups is 1. The Morgan fingerprint density at radius 2 is 2.39 bits per heavy atom. The van der Waals surface area contributed by atoms with Crippen molar-refractivity contribution in [1.29, 1.82) is 0 Å². The van der Waals surface area contributed by atoms with Crippen LogP contribution in [-0.4, -0.2) is 19.6 Å². The molecule has 1 rings (SSSR count). The molecule has 0 unspecified atom stereocenters. The number of hydrogen-bond acceptors (Lipinski definition) is 2. The van der Waals surface area contributed by atoms with Gasteiger partial charge in [-0.05, 0) is 34.7 Å². The normalized spacial score (nSPS) is 11.2. The average Bonchev–Trinajstić information content (AvgIpc) is 2.37. The first-order valence-corrected chi connectivity index (χ1v) is 6.70. The van der Waals surface area contributed by atoms with E-state index in [9.17, 15) is 0 Å². The molecule has 1 aromatic rings. The van der Waals surface area contributed by atoms with Crippen molar-refractivity contribution in [3.8, 4) is 5.75 Å². The minimum atomic E-state index is 0.367. The molecular formula is C12H15ClIN3O. The van der Waals surface area contributed by atoms with Gasteiger partial charge in [-0.25, -0.2) is 4.99 Å². The van der Waals surface area contributed by atoms with Gasteiger partial charge < -0.3 is 15.8 Å². The molecule has 0 radical (unpaired) electrons. The second kappa shape index (κ2) is 7.48. The molecule has 0 aliphatic heterocycles. The van der Waals surface area contributed by atoms with Gasteiger partial charge in [0, 0.05) is 15.7 Å². The molecule has 6 heteroatoms. The summed E-state index contributed by atoms with van der Waals surface area (Å²) in [5.41, 5.74) is 6.58. The second-order valence-corrected chi connectivity index (χ2v) is 5.02. The highest BCUT2D eigenvalue weighted by Gasteiger charge is 2.07. The van der Waals surface area contributed by atoms with Gasteiger partial charge in [0.25, 0.3) is 0 Å². The minimum Gasteiger partial charge on any atom is -0.496 e. The van der Waals surface area contributed by atoms with Crippen LogP contribution in [0.15, 0.2) is 29.8 Å². The lowest BCUT2D eigenvalue weighted by molar-refractivity contribution is 0.409. The zero-order valence-electron chi connectivity index (χ0n) is 10.0. The van der Waals surface area contributed by atoms with E-state index in [1.165, 1.54) is 0 Å². The number of hydrogen-bond donors (Lipinski definition) is 2. The van der Waals surface area contributed by atoms with E-state index in [-0.39, 0.29) is 0 Å². The van der Waals surface area contributed by atoms with Crippen molar-refractivity contribution in [3.05, 3.63) is 38.9 Å². The van der Waals surface area contributed by atoms with Gasteiger partial charge >= 0.3 is 0 Å². The lowest BCUT2D eigenvalue weighted by Crippen LogP contribution is -2.31. The molecule has 0 aromatic heterocycles. The number of nitrogens with two attached hydrogens (primary N) is 1. The summed E-state index contributed by atoms with van der Waals surface area (Å²) in [4.78, 5) is 4.21. The molecular weight excluding hydrogens is 365 g/mol. The van der Waals surface area contributed by atoms with E-state index in [1.54, 1.807) is 13.2 Å². The summed E-state index contributed by atoms with van der Waals surface area (Å²) in [7, 11) is 1.62. The van der Waals surface area contributed by atoms with E-state index in [1.807, 2.05) is 12.1 Å². The Kier molecular flexibility index (Phi) is 6.28. The molecule has 0 saturated heterocycles. The van der Waals surface area contributed by atoms with E-state index >= 15 is 0 Å². The lowest BCUT2D eigenvalue weighted by Gasteiger charge is -2.09. The van der Waals surface area contributed by atoms with Crippen molar-refractivity contribution in [2.45, 2.75) is 6.54 Å². The molecule has 0 aliphatic rings. The van der Waals surface area contributed by atoms with E-state index in [4.69, 9.17) is 22.1 Å². The van der Waals surface area contributed by atoms with E-state index in [2.05, 4.69) is 39.5 Å². The van der Waals surface area contributed by atoms with Gasteiger partial charge in [0.15, 0.2) is 5.96 Å². The number of halogens is 2. The minimum absolute atomic E-state index is 0.367. The first-order chi connectivity index (χ1) is 8.58. The van der Waals surface area contributed by atoms with Crippen molar-refractivity contribution in [1.82, 2.24) is 5.32 Å². The Balaban J connectivity index is 2.83. The number of aliphatic imine (C=N–C) groups is 1. The summed E-state index contributed by atoms with van der Waals surface area (Å²) in [6, 6.07) is 3.72. The molecule has 1 aromatic carbocycles. The third kappa shape index (κ3) is 4.38. The molecule has 0 aliphatic carbocycles. The van der Waals surface area contributed by atoms with E-state index < -0.39 is 0 Å². The molecule has 0 bridgehead atoms. The van der Waals surface area contributed by atoms with Crippen LogP contribution in [0.2, 0.25) is 5.02 Å². The Hall–Kier alpha value is -0.950. The van der Waals surface area contributed by atoms with Gasteiger partial charge in [0.2, 0.25) is 0 Å². The average molecular weight is 380 g/mol. The molecule has 0 fully saturated rings. The predicted molar refractivity (Wildman–Crippen MR) is 84.2 cm³/mol. The van der Waals surface area contributed by atoms with E-state index in [0.29, 0.717) is 24.1 Å². The largest absolute Gasteiger partial charge is 0.496 e. The molecule has 0 atom stereocenters. The molecule has 0 amide bonds. The topological polar surface area (TPSA) is 59.6 Å². The predicted octanol–water partition coefficient (Wildman–Crippen LogP) is 2.54. The summed E-state index contributed by atoms with van der Waals surface area (Å²) in [6.07, 6.45) is 1.71. The number of nitrogens with one attached hydrogen (secondary N) is 1. The third-order valence-electron chi connectivity index (χ3n) is 2.17. The van der Waals surface area contributed by atoms with Crippen molar-refractivity contribution in [2.75, 3.05) is 13.7 Å². The van der Waals surface area contributed by atoms with Crippen LogP contribution in [0.25, 0.3) is 0 Å². The first kappa shape index (κ1) is 15.1. The number of nitrogens with zero attached hydrogens (tertiary/aromatic N) is 1. The van der Waals surface area contributed by atoms with Crippen LogP contribution in [0.4, 0.5) is 0 Å². The van der Waals surface area contributed by atoms with Crippen LogP contribution in [0, 0.1) is 3.57 Å². The number of rotatable bonds is 5. The highest BCUT2D eigenvalue weighted by Crippen LogP contribution is 2.28. The summed E-state index contributed by atoms with van der Waals surface area (Å²) in [5, 5.41) is 3.58. The first-order valence-electron chi connectivity index (χ1n) is 5.25. The summed E-state index contributed by atoms with van der Waals surface area (Å²) in [6.45, 7) is 4.58. The van der Waals surface area contributed by atoms with Gasteiger partial charge in [0.05, 0.1) is 18.7 Å². The Morgan fingerprint density at radius 3 is 3.00 bits per heavy atom. The maximum atomic E-state index is 6.07. The van der Waals surface area contributed by atoms with Gasteiger partial charge in [-0.15, -0.1) is 6.58 Å². The van der Waals surface area contributed by atoms with E-state index in [0.717, 1.165) is 14.9 Å². The lowest BCUT2D eigenvalue weighted by atomic mass is 10.2. The molecule has 0 heterocycles. The maximum absolute atomic E-state index is 6.07. The van der Waals surface area contributed by atoms with Crippen LogP contribution >= 0.6 is 34.2 Å². The number of methoxy groups -OCH3 is 1. The van der Waals surface area contributed by atoms with Crippen molar-refractivity contribution >= 4 is 40.2 Å². The molecule has 0 spiro atoms. The van der Waals surface area contributed by atoms with Crippen molar-refractivity contribution < 1.29 is 4.74 Å². The Morgan fingerprint density at radius 1 is 1.67 bits per heavy atom. The summed E-state index contributed by atoms with van der Waals surface area (Å²) >= 11 is 8.22. The van der Waals surface area contributed by atoms with Crippen LogP contribution in [0.5, 0.6) is 5.75 Å². The number of benzene rings is 1. The molecule has 0 saturated carbocycles. The summed E-state index contributed by atoms with van der Waals surface area (Å²) in [5.74, 6) is 1.12. The molecule has 3 N–H and O–H groups in total. The van der Waals surface area contributed by atoms with Crippen LogP contribution < -0.4 is 15.8 Å². The van der Waals surface area contributed by atoms with Gasteiger partial charge in [-0.2, -0.15) is 0 Å². The van der Waals surface area contributed by atoms with Gasteiger partial charge in [0.1, 0.15) is 5.75 Å². The van der Waals surface area contributed by atoms with Crippen molar-refractivity contribution in [3.63, 3.8) is 0 Å².